The monoisotopic (exact) mass is 303 g/mol. The molecule has 0 aromatic heterocycles. The third-order valence-electron chi connectivity index (χ3n) is 4.12. The first-order valence-corrected chi connectivity index (χ1v) is 7.99. The van der Waals surface area contributed by atoms with Crippen LogP contribution >= 0.6 is 0 Å². The molecule has 1 fully saturated rings. The Morgan fingerprint density at radius 3 is 2.41 bits per heavy atom. The zero-order chi connectivity index (χ0) is 16.0. The number of nitrogens with two attached hydrogens (primary N) is 1. The van der Waals surface area contributed by atoms with Crippen LogP contribution in [0.25, 0.3) is 0 Å². The molecule has 0 saturated heterocycles. The third-order valence-corrected chi connectivity index (χ3v) is 4.12. The van der Waals surface area contributed by atoms with E-state index in [2.05, 4.69) is 10.6 Å². The summed E-state index contributed by atoms with van der Waals surface area (Å²) in [4.78, 5) is 23.6. The summed E-state index contributed by atoms with van der Waals surface area (Å²) in [5, 5.41) is 5.75. The maximum Gasteiger partial charge on any atom is 0.240 e. The van der Waals surface area contributed by atoms with Gasteiger partial charge >= 0.3 is 0 Å². The lowest BCUT2D eigenvalue weighted by atomic mass is 9.98. The summed E-state index contributed by atoms with van der Waals surface area (Å²) in [7, 11) is 0. The number of rotatable bonds is 6. The van der Waals surface area contributed by atoms with Gasteiger partial charge < -0.3 is 16.4 Å². The molecule has 0 spiro atoms. The highest BCUT2D eigenvalue weighted by molar-refractivity contribution is 5.90. The first-order valence-electron chi connectivity index (χ1n) is 7.99. The minimum Gasteiger partial charge on any atom is -0.350 e. The molecule has 5 nitrogen and oxygen atoms in total. The average Bonchev–Trinajstić information content (AvgIpc) is 2.94. The molecule has 1 aromatic rings. The van der Waals surface area contributed by atoms with Gasteiger partial charge in [0.05, 0.1) is 5.54 Å². The summed E-state index contributed by atoms with van der Waals surface area (Å²) in [5.41, 5.74) is 7.19. The van der Waals surface area contributed by atoms with E-state index >= 15 is 0 Å². The molecule has 0 atom stereocenters. The zero-order valence-electron chi connectivity index (χ0n) is 13.2. The van der Waals surface area contributed by atoms with Gasteiger partial charge in [-0.1, -0.05) is 31.9 Å². The van der Waals surface area contributed by atoms with Crippen molar-refractivity contribution in [2.45, 2.75) is 57.5 Å². The molecule has 0 aliphatic heterocycles. The van der Waals surface area contributed by atoms with E-state index in [4.69, 9.17) is 5.73 Å². The summed E-state index contributed by atoms with van der Waals surface area (Å²) in [5.74, 6) is -0.0415. The van der Waals surface area contributed by atoms with Crippen LogP contribution in [0.15, 0.2) is 24.3 Å². The SMILES string of the molecule is CCCC(=O)Nc1ccc(CNC(=O)C2(N)CCCC2)cc1. The van der Waals surface area contributed by atoms with Crippen LogP contribution in [0.1, 0.15) is 51.0 Å². The lowest BCUT2D eigenvalue weighted by molar-refractivity contribution is -0.126. The van der Waals surface area contributed by atoms with Crippen LogP contribution in [0.4, 0.5) is 5.69 Å². The maximum absolute atomic E-state index is 12.1. The largest absolute Gasteiger partial charge is 0.350 e. The quantitative estimate of drug-likeness (QED) is 0.754. The van der Waals surface area contributed by atoms with Gasteiger partial charge in [-0.3, -0.25) is 9.59 Å². The molecule has 2 amide bonds. The van der Waals surface area contributed by atoms with Crippen LogP contribution in [-0.4, -0.2) is 17.4 Å². The molecule has 0 unspecified atom stereocenters. The Kier molecular flexibility index (Phi) is 5.55. The summed E-state index contributed by atoms with van der Waals surface area (Å²) in [6, 6.07) is 7.50. The molecule has 120 valence electrons. The molecule has 1 aromatic carbocycles. The van der Waals surface area contributed by atoms with Gasteiger partial charge in [-0.05, 0) is 37.0 Å². The number of amides is 2. The second-order valence-electron chi connectivity index (χ2n) is 6.04. The first kappa shape index (κ1) is 16.5. The van der Waals surface area contributed by atoms with Crippen LogP contribution in [0.3, 0.4) is 0 Å². The highest BCUT2D eigenvalue weighted by atomic mass is 16.2. The predicted octanol–water partition coefficient (Wildman–Crippen LogP) is 2.31. The smallest absolute Gasteiger partial charge is 0.240 e. The maximum atomic E-state index is 12.1. The van der Waals surface area contributed by atoms with Gasteiger partial charge in [0.2, 0.25) is 11.8 Å². The summed E-state index contributed by atoms with van der Waals surface area (Å²) in [6.07, 6.45) is 4.93. The van der Waals surface area contributed by atoms with Gasteiger partial charge in [-0.15, -0.1) is 0 Å². The number of anilines is 1. The van der Waals surface area contributed by atoms with E-state index in [1.807, 2.05) is 31.2 Å². The van der Waals surface area contributed by atoms with E-state index in [-0.39, 0.29) is 11.8 Å². The van der Waals surface area contributed by atoms with Crippen LogP contribution in [0, 0.1) is 0 Å². The van der Waals surface area contributed by atoms with Crippen molar-refractivity contribution in [1.82, 2.24) is 5.32 Å². The second kappa shape index (κ2) is 7.40. The lowest BCUT2D eigenvalue weighted by Gasteiger charge is -2.22. The van der Waals surface area contributed by atoms with Crippen molar-refractivity contribution in [3.05, 3.63) is 29.8 Å². The molecule has 1 saturated carbocycles. The van der Waals surface area contributed by atoms with Crippen molar-refractivity contribution in [1.29, 1.82) is 0 Å². The van der Waals surface area contributed by atoms with E-state index in [9.17, 15) is 9.59 Å². The molecule has 1 aliphatic carbocycles. The highest BCUT2D eigenvalue weighted by Crippen LogP contribution is 2.27. The Morgan fingerprint density at radius 2 is 1.82 bits per heavy atom. The Balaban J connectivity index is 1.83. The fraction of sp³-hybridized carbons (Fsp3) is 0.529. The van der Waals surface area contributed by atoms with Crippen molar-refractivity contribution < 1.29 is 9.59 Å². The molecule has 0 heterocycles. The van der Waals surface area contributed by atoms with Crippen LogP contribution in [0.5, 0.6) is 0 Å². The number of carbonyl (C=O) groups excluding carboxylic acids is 2. The van der Waals surface area contributed by atoms with Crippen LogP contribution < -0.4 is 16.4 Å². The standard InChI is InChI=1S/C17H25N3O2/c1-2-5-15(21)20-14-8-6-13(7-9-14)12-19-16(22)17(18)10-3-4-11-17/h6-9H,2-5,10-12,18H2,1H3,(H,19,22)(H,20,21). The van der Waals surface area contributed by atoms with Gasteiger partial charge in [0.1, 0.15) is 0 Å². The van der Waals surface area contributed by atoms with Crippen molar-refractivity contribution >= 4 is 17.5 Å². The zero-order valence-corrected chi connectivity index (χ0v) is 13.2. The molecular weight excluding hydrogens is 278 g/mol. The van der Waals surface area contributed by atoms with E-state index in [1.54, 1.807) is 0 Å². The van der Waals surface area contributed by atoms with E-state index in [0.717, 1.165) is 43.4 Å². The van der Waals surface area contributed by atoms with Crippen molar-refractivity contribution in [2.75, 3.05) is 5.32 Å². The number of carbonyl (C=O) groups is 2. The van der Waals surface area contributed by atoms with Gasteiger partial charge in [0.15, 0.2) is 0 Å². The number of hydrogen-bond acceptors (Lipinski definition) is 3. The fourth-order valence-electron chi connectivity index (χ4n) is 2.75. The summed E-state index contributed by atoms with van der Waals surface area (Å²) < 4.78 is 0. The number of benzene rings is 1. The molecular formula is C17H25N3O2. The van der Waals surface area contributed by atoms with Crippen LogP contribution in [-0.2, 0) is 16.1 Å². The Labute approximate surface area is 131 Å². The Hall–Kier alpha value is -1.88. The second-order valence-corrected chi connectivity index (χ2v) is 6.04. The number of nitrogens with one attached hydrogen (secondary N) is 2. The van der Waals surface area contributed by atoms with Crippen molar-refractivity contribution in [3.63, 3.8) is 0 Å². The van der Waals surface area contributed by atoms with Gasteiger partial charge in [-0.25, -0.2) is 0 Å². The van der Waals surface area contributed by atoms with Gasteiger partial charge in [0, 0.05) is 18.7 Å². The lowest BCUT2D eigenvalue weighted by Crippen LogP contribution is -2.51. The van der Waals surface area contributed by atoms with E-state index < -0.39 is 5.54 Å². The fourth-order valence-corrected chi connectivity index (χ4v) is 2.75. The van der Waals surface area contributed by atoms with Crippen molar-refractivity contribution in [3.8, 4) is 0 Å². The average molecular weight is 303 g/mol. The molecule has 1 aliphatic rings. The normalized spacial score (nSPS) is 16.3. The Morgan fingerprint density at radius 1 is 1.18 bits per heavy atom. The minimum absolute atomic E-state index is 0.0230. The summed E-state index contributed by atoms with van der Waals surface area (Å²) >= 11 is 0. The molecule has 0 bridgehead atoms. The molecule has 2 rings (SSSR count). The Bertz CT molecular complexity index is 519. The van der Waals surface area contributed by atoms with Crippen molar-refractivity contribution in [2.24, 2.45) is 5.73 Å². The molecule has 5 heteroatoms. The first-order chi connectivity index (χ1) is 10.5. The van der Waals surface area contributed by atoms with Gasteiger partial charge in [-0.2, -0.15) is 0 Å². The topological polar surface area (TPSA) is 84.2 Å². The minimum atomic E-state index is -0.686. The highest BCUT2D eigenvalue weighted by Gasteiger charge is 2.36. The molecule has 4 N–H and O–H groups in total. The summed E-state index contributed by atoms with van der Waals surface area (Å²) in [6.45, 7) is 2.43. The molecule has 0 radical (unpaired) electrons. The van der Waals surface area contributed by atoms with E-state index in [0.29, 0.717) is 13.0 Å². The number of hydrogen-bond donors (Lipinski definition) is 3. The van der Waals surface area contributed by atoms with Crippen LogP contribution in [0.2, 0.25) is 0 Å². The third kappa shape index (κ3) is 4.31. The van der Waals surface area contributed by atoms with Gasteiger partial charge in [0.25, 0.3) is 0 Å². The molecule has 22 heavy (non-hydrogen) atoms. The predicted molar refractivity (Wildman–Crippen MR) is 87.2 cm³/mol. The van der Waals surface area contributed by atoms with E-state index in [1.165, 1.54) is 0 Å².